The fourth-order valence-electron chi connectivity index (χ4n) is 3.43. The summed E-state index contributed by atoms with van der Waals surface area (Å²) in [5, 5.41) is 0. The zero-order valence-corrected chi connectivity index (χ0v) is 16.9. The molecule has 0 saturated carbocycles. The van der Waals surface area contributed by atoms with E-state index in [0.29, 0.717) is 0 Å². The summed E-state index contributed by atoms with van der Waals surface area (Å²) in [6.07, 6.45) is 2.58. The number of carbonyl (C=O) groups excluding carboxylic acids is 1. The number of amides is 1. The number of carbonyl (C=O) groups is 1. The molecular weight excluding hydrogens is 336 g/mol. The van der Waals surface area contributed by atoms with Crippen LogP contribution in [-0.4, -0.2) is 67.0 Å². The normalized spacial score (nSPS) is 16.2. The Hall–Kier alpha value is -2.40. The number of aryl methyl sites for hydroxylation is 1. The van der Waals surface area contributed by atoms with Gasteiger partial charge in [0, 0.05) is 68.8 Å². The number of hydrogen-bond donors (Lipinski definition) is 0. The SMILES string of the molecule is Cc1ccnc(C[C@@H](C)N(C)C(=O)c2ccc(N3CCN(C)CC3)cc2)c1. The predicted octanol–water partition coefficient (Wildman–Crippen LogP) is 2.85. The van der Waals surface area contributed by atoms with Gasteiger partial charge in [-0.15, -0.1) is 0 Å². The fraction of sp³-hybridized carbons (Fsp3) is 0.455. The van der Waals surface area contributed by atoms with Gasteiger partial charge in [-0.05, 0) is 62.9 Å². The molecule has 0 radical (unpaired) electrons. The van der Waals surface area contributed by atoms with Crippen molar-refractivity contribution in [3.8, 4) is 0 Å². The van der Waals surface area contributed by atoms with Gasteiger partial charge in [0.15, 0.2) is 0 Å². The van der Waals surface area contributed by atoms with Crippen LogP contribution < -0.4 is 4.90 Å². The van der Waals surface area contributed by atoms with E-state index in [4.69, 9.17) is 0 Å². The highest BCUT2D eigenvalue weighted by atomic mass is 16.2. The van der Waals surface area contributed by atoms with Gasteiger partial charge in [0.2, 0.25) is 0 Å². The Morgan fingerprint density at radius 1 is 1.15 bits per heavy atom. The zero-order chi connectivity index (χ0) is 19.4. The van der Waals surface area contributed by atoms with E-state index in [1.807, 2.05) is 36.3 Å². The van der Waals surface area contributed by atoms with Crippen molar-refractivity contribution in [3.63, 3.8) is 0 Å². The van der Waals surface area contributed by atoms with Gasteiger partial charge in [-0.25, -0.2) is 0 Å². The molecule has 1 atom stereocenters. The zero-order valence-electron chi connectivity index (χ0n) is 16.9. The van der Waals surface area contributed by atoms with Crippen molar-refractivity contribution in [2.45, 2.75) is 26.3 Å². The number of aromatic nitrogens is 1. The van der Waals surface area contributed by atoms with Gasteiger partial charge in [0.05, 0.1) is 0 Å². The Balaban J connectivity index is 1.62. The first-order chi connectivity index (χ1) is 12.9. The monoisotopic (exact) mass is 366 g/mol. The molecule has 1 aliphatic rings. The Bertz CT molecular complexity index is 766. The van der Waals surface area contributed by atoms with E-state index in [0.717, 1.165) is 43.9 Å². The highest BCUT2D eigenvalue weighted by Gasteiger charge is 2.19. The van der Waals surface area contributed by atoms with E-state index >= 15 is 0 Å². The van der Waals surface area contributed by atoms with Crippen LogP contribution in [0.2, 0.25) is 0 Å². The van der Waals surface area contributed by atoms with Gasteiger partial charge < -0.3 is 14.7 Å². The minimum absolute atomic E-state index is 0.0556. The summed E-state index contributed by atoms with van der Waals surface area (Å²) in [5.74, 6) is 0.0556. The minimum atomic E-state index is 0.0556. The summed E-state index contributed by atoms with van der Waals surface area (Å²) >= 11 is 0. The lowest BCUT2D eigenvalue weighted by molar-refractivity contribution is 0.0743. The molecule has 1 amide bonds. The maximum absolute atomic E-state index is 12.9. The summed E-state index contributed by atoms with van der Waals surface area (Å²) in [5.41, 5.74) is 4.15. The third kappa shape index (κ3) is 4.86. The van der Waals surface area contributed by atoms with Crippen LogP contribution in [-0.2, 0) is 6.42 Å². The van der Waals surface area contributed by atoms with Crippen LogP contribution in [0.1, 0.15) is 28.5 Å². The van der Waals surface area contributed by atoms with Crippen LogP contribution in [0, 0.1) is 6.92 Å². The molecule has 0 spiro atoms. The number of anilines is 1. The Morgan fingerprint density at radius 3 is 2.44 bits per heavy atom. The molecule has 0 unspecified atom stereocenters. The summed E-state index contributed by atoms with van der Waals surface area (Å²) in [6.45, 7) is 8.35. The van der Waals surface area contributed by atoms with Crippen molar-refractivity contribution in [3.05, 3.63) is 59.4 Å². The van der Waals surface area contributed by atoms with Crippen LogP contribution in [0.4, 0.5) is 5.69 Å². The maximum atomic E-state index is 12.9. The molecule has 0 aliphatic carbocycles. The molecule has 144 valence electrons. The van der Waals surface area contributed by atoms with Gasteiger partial charge in [0.1, 0.15) is 0 Å². The summed E-state index contributed by atoms with van der Waals surface area (Å²) in [7, 11) is 4.03. The van der Waals surface area contributed by atoms with Crippen molar-refractivity contribution in [1.29, 1.82) is 0 Å². The molecule has 0 N–H and O–H groups in total. The molecule has 1 aromatic carbocycles. The summed E-state index contributed by atoms with van der Waals surface area (Å²) < 4.78 is 0. The van der Waals surface area contributed by atoms with Crippen molar-refractivity contribution >= 4 is 11.6 Å². The Labute approximate surface area is 162 Å². The maximum Gasteiger partial charge on any atom is 0.253 e. The van der Waals surface area contributed by atoms with E-state index in [9.17, 15) is 4.79 Å². The molecule has 2 heterocycles. The van der Waals surface area contributed by atoms with Crippen molar-refractivity contribution in [2.75, 3.05) is 45.2 Å². The third-order valence-electron chi connectivity index (χ3n) is 5.44. The third-order valence-corrected chi connectivity index (χ3v) is 5.44. The van der Waals surface area contributed by atoms with Crippen molar-refractivity contribution in [1.82, 2.24) is 14.8 Å². The smallest absolute Gasteiger partial charge is 0.253 e. The molecule has 1 saturated heterocycles. The van der Waals surface area contributed by atoms with Gasteiger partial charge in [0.25, 0.3) is 5.91 Å². The molecular formula is C22H30N4O. The summed E-state index contributed by atoms with van der Waals surface area (Å²) in [4.78, 5) is 23.8. The van der Waals surface area contributed by atoms with E-state index in [1.54, 1.807) is 0 Å². The molecule has 3 rings (SSSR count). The predicted molar refractivity (Wildman–Crippen MR) is 110 cm³/mol. The van der Waals surface area contributed by atoms with Crippen molar-refractivity contribution in [2.24, 2.45) is 0 Å². The Kier molecular flexibility index (Phi) is 6.11. The molecule has 27 heavy (non-hydrogen) atoms. The standard InChI is InChI=1S/C22H30N4O/c1-17-9-10-23-20(15-17)16-18(2)25(4)22(27)19-5-7-21(8-6-19)26-13-11-24(3)12-14-26/h5-10,15,18H,11-14,16H2,1-4H3/t18-/m1/s1. The molecule has 5 heteroatoms. The largest absolute Gasteiger partial charge is 0.369 e. The topological polar surface area (TPSA) is 39.7 Å². The second-order valence-corrected chi connectivity index (χ2v) is 7.63. The quantitative estimate of drug-likeness (QED) is 0.816. The lowest BCUT2D eigenvalue weighted by atomic mass is 10.1. The lowest BCUT2D eigenvalue weighted by Crippen LogP contribution is -2.44. The first-order valence-corrected chi connectivity index (χ1v) is 9.66. The van der Waals surface area contributed by atoms with E-state index in [-0.39, 0.29) is 11.9 Å². The van der Waals surface area contributed by atoms with Gasteiger partial charge in [-0.2, -0.15) is 0 Å². The molecule has 1 fully saturated rings. The lowest BCUT2D eigenvalue weighted by Gasteiger charge is -2.34. The average molecular weight is 367 g/mol. The summed E-state index contributed by atoms with van der Waals surface area (Å²) in [6, 6.07) is 12.2. The van der Waals surface area contributed by atoms with E-state index in [2.05, 4.69) is 53.9 Å². The van der Waals surface area contributed by atoms with Gasteiger partial charge in [-0.1, -0.05) is 0 Å². The second kappa shape index (κ2) is 8.53. The molecule has 0 bridgehead atoms. The van der Waals surface area contributed by atoms with Gasteiger partial charge >= 0.3 is 0 Å². The van der Waals surface area contributed by atoms with Crippen LogP contribution >= 0.6 is 0 Å². The van der Waals surface area contributed by atoms with Crippen molar-refractivity contribution < 1.29 is 4.79 Å². The number of benzene rings is 1. The molecule has 1 aliphatic heterocycles. The van der Waals surface area contributed by atoms with E-state index < -0.39 is 0 Å². The average Bonchev–Trinajstić information content (AvgIpc) is 2.67. The highest BCUT2D eigenvalue weighted by molar-refractivity contribution is 5.94. The van der Waals surface area contributed by atoms with Crippen LogP contribution in [0.3, 0.4) is 0 Å². The number of hydrogen-bond acceptors (Lipinski definition) is 4. The first-order valence-electron chi connectivity index (χ1n) is 9.66. The molecule has 5 nitrogen and oxygen atoms in total. The van der Waals surface area contributed by atoms with Crippen LogP contribution in [0.15, 0.2) is 42.6 Å². The molecule has 1 aromatic heterocycles. The van der Waals surface area contributed by atoms with Gasteiger partial charge in [-0.3, -0.25) is 9.78 Å². The number of piperazine rings is 1. The number of likely N-dealkylation sites (N-methyl/N-ethyl adjacent to an activating group) is 2. The number of rotatable bonds is 5. The van der Waals surface area contributed by atoms with Crippen LogP contribution in [0.25, 0.3) is 0 Å². The van der Waals surface area contributed by atoms with Crippen LogP contribution in [0.5, 0.6) is 0 Å². The number of nitrogens with zero attached hydrogens (tertiary/aromatic N) is 4. The Morgan fingerprint density at radius 2 is 1.81 bits per heavy atom. The first kappa shape index (κ1) is 19.4. The fourth-order valence-corrected chi connectivity index (χ4v) is 3.43. The number of pyridine rings is 1. The highest BCUT2D eigenvalue weighted by Crippen LogP contribution is 2.18. The molecule has 2 aromatic rings. The minimum Gasteiger partial charge on any atom is -0.369 e. The van der Waals surface area contributed by atoms with E-state index in [1.165, 1.54) is 11.3 Å². The second-order valence-electron chi connectivity index (χ2n) is 7.63.